The van der Waals surface area contributed by atoms with Crippen LogP contribution < -0.4 is 0 Å². The first-order valence-corrected chi connectivity index (χ1v) is 4.30. The number of amides is 1. The van der Waals surface area contributed by atoms with Gasteiger partial charge in [0, 0.05) is 7.05 Å². The van der Waals surface area contributed by atoms with E-state index in [4.69, 9.17) is 0 Å². The predicted molar refractivity (Wildman–Crippen MR) is 45.2 cm³/mol. The number of halogens is 4. The molecule has 0 saturated carbocycles. The van der Waals surface area contributed by atoms with Gasteiger partial charge in [-0.05, 0) is 6.92 Å². The second-order valence-corrected chi connectivity index (χ2v) is 2.89. The van der Waals surface area contributed by atoms with Crippen molar-refractivity contribution in [1.29, 1.82) is 0 Å². The Bertz CT molecular complexity index is 270. The number of carbonyl (C=O) groups excluding carboxylic acids is 2. The molecule has 0 aromatic heterocycles. The Balaban J connectivity index is 4.45. The van der Waals surface area contributed by atoms with Crippen LogP contribution >= 0.6 is 0 Å². The van der Waals surface area contributed by atoms with Crippen molar-refractivity contribution >= 4 is 11.9 Å². The average Bonchev–Trinajstić information content (AvgIpc) is 2.16. The lowest BCUT2D eigenvalue weighted by Crippen LogP contribution is -2.47. The largest absolute Gasteiger partial charge is 0.465 e. The Morgan fingerprint density at radius 1 is 1.38 bits per heavy atom. The van der Waals surface area contributed by atoms with Gasteiger partial charge in [0.25, 0.3) is 5.91 Å². The molecule has 0 radical (unpaired) electrons. The third-order valence-electron chi connectivity index (χ3n) is 1.58. The summed E-state index contributed by atoms with van der Waals surface area (Å²) < 4.78 is 53.0. The Labute approximate surface area is 89.2 Å². The van der Waals surface area contributed by atoms with Crippen LogP contribution in [0.25, 0.3) is 0 Å². The molecule has 0 aliphatic rings. The van der Waals surface area contributed by atoms with Crippen molar-refractivity contribution in [3.8, 4) is 0 Å². The minimum absolute atomic E-state index is 0.00606. The van der Waals surface area contributed by atoms with Crippen LogP contribution in [0, 0.1) is 0 Å². The first-order chi connectivity index (χ1) is 7.23. The summed E-state index contributed by atoms with van der Waals surface area (Å²) in [4.78, 5) is 21.8. The fourth-order valence-electron chi connectivity index (χ4n) is 0.820. The van der Waals surface area contributed by atoms with Crippen LogP contribution in [0.4, 0.5) is 17.6 Å². The first-order valence-electron chi connectivity index (χ1n) is 4.30. The molecular weight excluding hydrogens is 234 g/mol. The van der Waals surface area contributed by atoms with Crippen molar-refractivity contribution in [2.24, 2.45) is 0 Å². The zero-order valence-corrected chi connectivity index (χ0v) is 8.68. The summed E-state index contributed by atoms with van der Waals surface area (Å²) in [7, 11) is 0.815. The van der Waals surface area contributed by atoms with Crippen LogP contribution in [-0.2, 0) is 14.3 Å². The molecule has 0 heterocycles. The zero-order chi connectivity index (χ0) is 12.9. The lowest BCUT2D eigenvalue weighted by Gasteiger charge is -2.21. The van der Waals surface area contributed by atoms with Crippen molar-refractivity contribution in [1.82, 2.24) is 4.90 Å². The normalized spacial score (nSPS) is 11.4. The highest BCUT2D eigenvalue weighted by atomic mass is 19.3. The summed E-state index contributed by atoms with van der Waals surface area (Å²) in [5.74, 6) is -7.85. The van der Waals surface area contributed by atoms with E-state index in [1.807, 2.05) is 0 Å². The molecule has 4 nitrogen and oxygen atoms in total. The molecule has 0 N–H and O–H groups in total. The topological polar surface area (TPSA) is 46.6 Å². The molecule has 94 valence electrons. The van der Waals surface area contributed by atoms with Crippen molar-refractivity contribution < 1.29 is 31.9 Å². The number of alkyl halides is 4. The van der Waals surface area contributed by atoms with E-state index < -0.39 is 30.8 Å². The van der Waals surface area contributed by atoms with E-state index in [1.165, 1.54) is 6.92 Å². The number of nitrogens with zero attached hydrogens (tertiary/aromatic N) is 1. The van der Waals surface area contributed by atoms with Crippen molar-refractivity contribution in [3.63, 3.8) is 0 Å². The minimum Gasteiger partial charge on any atom is -0.465 e. The van der Waals surface area contributed by atoms with Crippen LogP contribution in [-0.4, -0.2) is 49.3 Å². The molecule has 0 spiro atoms. The van der Waals surface area contributed by atoms with Gasteiger partial charge in [-0.1, -0.05) is 0 Å². The summed E-state index contributed by atoms with van der Waals surface area (Å²) in [5.41, 5.74) is 0. The van der Waals surface area contributed by atoms with Crippen LogP contribution in [0.2, 0.25) is 0 Å². The summed E-state index contributed by atoms with van der Waals surface area (Å²) in [6.07, 6.45) is -4.11. The molecule has 0 saturated heterocycles. The monoisotopic (exact) mass is 245 g/mol. The number of likely N-dealkylation sites (N-methyl/N-ethyl adjacent to an activating group) is 1. The minimum atomic E-state index is -4.79. The number of hydrogen-bond donors (Lipinski definition) is 0. The second kappa shape index (κ2) is 5.66. The summed E-state index contributed by atoms with van der Waals surface area (Å²) in [5, 5.41) is 0. The Hall–Kier alpha value is -1.34. The highest BCUT2D eigenvalue weighted by Gasteiger charge is 2.50. The molecule has 0 atom stereocenters. The molecule has 0 rings (SSSR count). The molecule has 0 fully saturated rings. The fourth-order valence-corrected chi connectivity index (χ4v) is 0.820. The molecule has 0 aliphatic carbocycles. The van der Waals surface area contributed by atoms with Crippen LogP contribution in [0.5, 0.6) is 0 Å². The third-order valence-corrected chi connectivity index (χ3v) is 1.58. The third kappa shape index (κ3) is 3.67. The molecule has 0 aliphatic heterocycles. The van der Waals surface area contributed by atoms with Gasteiger partial charge < -0.3 is 9.64 Å². The fraction of sp³-hybridized carbons (Fsp3) is 0.750. The number of esters is 1. The van der Waals surface area contributed by atoms with E-state index in [0.717, 1.165) is 7.05 Å². The molecule has 16 heavy (non-hydrogen) atoms. The standard InChI is InChI=1S/C8H11F4NO3/c1-3-16-5(14)4-13(2)7(15)8(11,12)6(9)10/h6H,3-4H2,1-2H3. The number of ether oxygens (including phenoxy) is 1. The van der Waals surface area contributed by atoms with Crippen LogP contribution in [0.15, 0.2) is 0 Å². The predicted octanol–water partition coefficient (Wildman–Crippen LogP) is 0.908. The van der Waals surface area contributed by atoms with Crippen LogP contribution in [0.3, 0.4) is 0 Å². The molecule has 1 amide bonds. The lowest BCUT2D eigenvalue weighted by atomic mass is 10.3. The van der Waals surface area contributed by atoms with Crippen molar-refractivity contribution in [2.45, 2.75) is 19.3 Å². The molecule has 0 aromatic carbocycles. The second-order valence-electron chi connectivity index (χ2n) is 2.89. The molecule has 8 heteroatoms. The smallest absolute Gasteiger partial charge is 0.383 e. The van der Waals surface area contributed by atoms with Gasteiger partial charge in [0.05, 0.1) is 6.61 Å². The van der Waals surface area contributed by atoms with Gasteiger partial charge in [0.1, 0.15) is 6.54 Å². The Kier molecular flexibility index (Phi) is 5.19. The van der Waals surface area contributed by atoms with Gasteiger partial charge in [0.15, 0.2) is 0 Å². The van der Waals surface area contributed by atoms with Crippen LogP contribution in [0.1, 0.15) is 6.92 Å². The maximum atomic E-state index is 12.5. The van der Waals surface area contributed by atoms with E-state index in [0.29, 0.717) is 0 Å². The Morgan fingerprint density at radius 3 is 2.25 bits per heavy atom. The number of hydrogen-bond acceptors (Lipinski definition) is 3. The van der Waals surface area contributed by atoms with E-state index in [9.17, 15) is 27.2 Å². The van der Waals surface area contributed by atoms with E-state index >= 15 is 0 Å². The summed E-state index contributed by atoms with van der Waals surface area (Å²) in [6.45, 7) is 0.689. The van der Waals surface area contributed by atoms with Gasteiger partial charge in [0.2, 0.25) is 0 Å². The summed E-state index contributed by atoms with van der Waals surface area (Å²) >= 11 is 0. The quantitative estimate of drug-likeness (QED) is 0.534. The van der Waals surface area contributed by atoms with Gasteiger partial charge in [-0.3, -0.25) is 9.59 Å². The van der Waals surface area contributed by atoms with E-state index in [1.54, 1.807) is 0 Å². The highest BCUT2D eigenvalue weighted by Crippen LogP contribution is 2.24. The van der Waals surface area contributed by atoms with Gasteiger partial charge in [-0.15, -0.1) is 0 Å². The Morgan fingerprint density at radius 2 is 1.88 bits per heavy atom. The molecular formula is C8H11F4NO3. The highest BCUT2D eigenvalue weighted by molar-refractivity contribution is 5.87. The SMILES string of the molecule is CCOC(=O)CN(C)C(=O)C(F)(F)C(F)F. The van der Waals surface area contributed by atoms with E-state index in [-0.39, 0.29) is 11.5 Å². The molecule has 0 aromatic rings. The average molecular weight is 245 g/mol. The summed E-state index contributed by atoms with van der Waals surface area (Å²) in [6, 6.07) is 0. The molecule has 0 bridgehead atoms. The van der Waals surface area contributed by atoms with Crippen molar-refractivity contribution in [3.05, 3.63) is 0 Å². The number of carbonyl (C=O) groups is 2. The lowest BCUT2D eigenvalue weighted by molar-refractivity contribution is -0.181. The zero-order valence-electron chi connectivity index (χ0n) is 8.68. The van der Waals surface area contributed by atoms with Gasteiger partial charge >= 0.3 is 18.3 Å². The maximum absolute atomic E-state index is 12.5. The number of rotatable bonds is 5. The molecule has 0 unspecified atom stereocenters. The van der Waals surface area contributed by atoms with Crippen molar-refractivity contribution in [2.75, 3.05) is 20.2 Å². The maximum Gasteiger partial charge on any atom is 0.383 e. The van der Waals surface area contributed by atoms with Gasteiger partial charge in [-0.2, -0.15) is 8.78 Å². The van der Waals surface area contributed by atoms with E-state index in [2.05, 4.69) is 4.74 Å². The van der Waals surface area contributed by atoms with Gasteiger partial charge in [-0.25, -0.2) is 8.78 Å². The first kappa shape index (κ1) is 14.7.